The molecule has 50 heavy (non-hydrogen) atoms. The minimum atomic E-state index is 0.299. The van der Waals surface area contributed by atoms with Crippen LogP contribution in [0, 0.1) is 34.5 Å². The van der Waals surface area contributed by atoms with Gasteiger partial charge in [-0.3, -0.25) is 0 Å². The van der Waals surface area contributed by atoms with E-state index in [9.17, 15) is 10.5 Å². The molecule has 1 aromatic heterocycles. The Bertz CT molecular complexity index is 2230. The van der Waals surface area contributed by atoms with E-state index in [1.54, 1.807) is 0 Å². The predicted octanol–water partition coefficient (Wildman–Crippen LogP) is 11.4. The Morgan fingerprint density at radius 1 is 0.580 bits per heavy atom. The topological polar surface area (TPSA) is 73.4 Å². The predicted molar refractivity (Wildman–Crippen MR) is 201 cm³/mol. The van der Waals surface area contributed by atoms with Crippen LogP contribution in [0.15, 0.2) is 127 Å². The molecule has 6 aromatic rings. The first-order chi connectivity index (χ1) is 24.5. The fraction of sp³-hybridized carbons (Fsp3) is 0.217. The third kappa shape index (κ3) is 5.99. The van der Waals surface area contributed by atoms with Crippen molar-refractivity contribution in [2.75, 3.05) is 0 Å². The molecule has 2 unspecified atom stereocenters. The van der Waals surface area contributed by atoms with Crippen LogP contribution in [0.1, 0.15) is 62.1 Å². The van der Waals surface area contributed by atoms with Gasteiger partial charge in [0, 0.05) is 16.7 Å². The molecule has 8 rings (SSSR count). The lowest BCUT2D eigenvalue weighted by atomic mass is 9.64. The van der Waals surface area contributed by atoms with Crippen LogP contribution in [0.25, 0.3) is 56.2 Å². The van der Waals surface area contributed by atoms with Gasteiger partial charge in [0.15, 0.2) is 5.82 Å². The molecule has 3 atom stereocenters. The van der Waals surface area contributed by atoms with Gasteiger partial charge in [-0.1, -0.05) is 105 Å². The van der Waals surface area contributed by atoms with E-state index in [4.69, 9.17) is 9.97 Å². The van der Waals surface area contributed by atoms with E-state index in [-0.39, 0.29) is 0 Å². The van der Waals surface area contributed by atoms with Crippen LogP contribution in [0.2, 0.25) is 0 Å². The van der Waals surface area contributed by atoms with Crippen molar-refractivity contribution in [3.8, 4) is 68.3 Å². The zero-order valence-corrected chi connectivity index (χ0v) is 28.3. The summed E-state index contributed by atoms with van der Waals surface area (Å²) in [6.45, 7) is 2.38. The molecule has 0 amide bonds. The third-order valence-corrected chi connectivity index (χ3v) is 11.2. The van der Waals surface area contributed by atoms with Crippen molar-refractivity contribution in [1.82, 2.24) is 9.97 Å². The highest BCUT2D eigenvalue weighted by Gasteiger charge is 2.43. The summed E-state index contributed by atoms with van der Waals surface area (Å²) in [5.41, 5.74) is 11.7. The normalized spacial score (nSPS) is 19.4. The van der Waals surface area contributed by atoms with E-state index >= 15 is 0 Å². The molecular weight excluding hydrogens is 609 g/mol. The molecule has 2 aliphatic rings. The zero-order chi connectivity index (χ0) is 34.1. The summed E-state index contributed by atoms with van der Waals surface area (Å²) >= 11 is 0. The highest BCUT2D eigenvalue weighted by Crippen LogP contribution is 2.53. The van der Waals surface area contributed by atoms with Crippen LogP contribution in [-0.4, -0.2) is 9.97 Å². The Labute approximate surface area is 294 Å². The Morgan fingerprint density at radius 2 is 1.12 bits per heavy atom. The summed E-state index contributed by atoms with van der Waals surface area (Å²) in [5.74, 6) is 2.38. The average Bonchev–Trinajstić information content (AvgIpc) is 3.55. The van der Waals surface area contributed by atoms with Gasteiger partial charge in [-0.15, -0.1) is 0 Å². The smallest absolute Gasteiger partial charge is 0.161 e. The first-order valence-corrected chi connectivity index (χ1v) is 17.7. The minimum Gasteiger partial charge on any atom is -0.228 e. The molecule has 242 valence electrons. The number of aromatic nitrogens is 2. The highest BCUT2D eigenvalue weighted by molar-refractivity contribution is 5.86. The van der Waals surface area contributed by atoms with Crippen molar-refractivity contribution in [2.24, 2.45) is 11.8 Å². The second-order valence-corrected chi connectivity index (χ2v) is 14.1. The molecule has 2 saturated carbocycles. The first-order valence-electron chi connectivity index (χ1n) is 17.7. The summed E-state index contributed by atoms with van der Waals surface area (Å²) in [4.78, 5) is 10.3. The molecule has 0 saturated heterocycles. The molecule has 1 heterocycles. The van der Waals surface area contributed by atoms with E-state index in [0.29, 0.717) is 22.4 Å². The second kappa shape index (κ2) is 13.2. The largest absolute Gasteiger partial charge is 0.228 e. The van der Waals surface area contributed by atoms with E-state index in [2.05, 4.69) is 73.7 Å². The molecule has 2 bridgehead atoms. The van der Waals surface area contributed by atoms with Crippen molar-refractivity contribution in [3.63, 3.8) is 0 Å². The van der Waals surface area contributed by atoms with Crippen LogP contribution in [0.3, 0.4) is 0 Å². The number of fused-ring (bicyclic) bond motifs is 2. The van der Waals surface area contributed by atoms with Gasteiger partial charge >= 0.3 is 0 Å². The van der Waals surface area contributed by atoms with Crippen LogP contribution < -0.4 is 0 Å². The third-order valence-electron chi connectivity index (χ3n) is 11.2. The van der Waals surface area contributed by atoms with E-state index in [1.165, 1.54) is 49.7 Å². The van der Waals surface area contributed by atoms with Crippen molar-refractivity contribution < 1.29 is 0 Å². The minimum absolute atomic E-state index is 0.299. The van der Waals surface area contributed by atoms with Gasteiger partial charge < -0.3 is 0 Å². The van der Waals surface area contributed by atoms with Gasteiger partial charge in [0.2, 0.25) is 0 Å². The lowest BCUT2D eigenvalue weighted by molar-refractivity contribution is 0.207. The number of rotatable bonds is 7. The molecule has 0 radical (unpaired) electrons. The Balaban J connectivity index is 1.24. The maximum atomic E-state index is 9.53. The Kier molecular flexibility index (Phi) is 8.31. The molecule has 4 heteroatoms. The fourth-order valence-electron chi connectivity index (χ4n) is 8.55. The van der Waals surface area contributed by atoms with Gasteiger partial charge in [-0.05, 0) is 113 Å². The fourth-order valence-corrected chi connectivity index (χ4v) is 8.55. The summed E-state index contributed by atoms with van der Waals surface area (Å²) in [6, 6.07) is 47.8. The summed E-state index contributed by atoms with van der Waals surface area (Å²) in [6.07, 6.45) is 8.08. The van der Waals surface area contributed by atoms with Crippen molar-refractivity contribution >= 4 is 0 Å². The SMILES string of the molecule is CCC1(c2ccc(-c3ccc(-c4nc(-c5ccccc5)cc(-c5ccc(C#N)cc5)n4)c(-c4ccc(C#N)cc4)c3)cc2)CC2CC[C@H](C2)C1. The molecule has 0 aliphatic heterocycles. The number of nitrogens with zero attached hydrogens (tertiary/aromatic N) is 4. The quantitative estimate of drug-likeness (QED) is 0.173. The van der Waals surface area contributed by atoms with E-state index in [0.717, 1.165) is 56.6 Å². The van der Waals surface area contributed by atoms with E-state index in [1.807, 2.05) is 72.8 Å². The zero-order valence-electron chi connectivity index (χ0n) is 28.3. The Hall–Kier alpha value is -5.84. The van der Waals surface area contributed by atoms with Gasteiger partial charge in [0.05, 0.1) is 34.7 Å². The van der Waals surface area contributed by atoms with Crippen LogP contribution in [-0.2, 0) is 5.41 Å². The van der Waals surface area contributed by atoms with E-state index < -0.39 is 0 Å². The van der Waals surface area contributed by atoms with Gasteiger partial charge in [0.1, 0.15) is 0 Å². The summed E-state index contributed by atoms with van der Waals surface area (Å²) in [5, 5.41) is 18.9. The van der Waals surface area contributed by atoms with Crippen molar-refractivity contribution in [2.45, 2.75) is 50.9 Å². The molecular formula is C46H38N4. The number of nitriles is 2. The van der Waals surface area contributed by atoms with Gasteiger partial charge in [0.25, 0.3) is 0 Å². The maximum Gasteiger partial charge on any atom is 0.161 e. The molecule has 0 N–H and O–H groups in total. The first kappa shape index (κ1) is 31.4. The number of benzene rings is 5. The standard InChI is InChI=1S/C46H38N4/c1-2-46(27-33-8-9-34(24-33)28-46)40-21-18-35(19-22-40)39-20-23-41(42(25-39)36-14-10-31(29-47)11-15-36)45-49-43(37-6-4-3-5-7-37)26-44(50-45)38-16-12-32(30-48)13-17-38/h3-7,10-23,25-26,33-34H,2,8-9,24,27-28H2,1H3/t33-,34?,46?/m1/s1. The molecule has 5 aromatic carbocycles. The monoisotopic (exact) mass is 646 g/mol. The molecule has 2 fully saturated rings. The highest BCUT2D eigenvalue weighted by atomic mass is 14.9. The van der Waals surface area contributed by atoms with Gasteiger partial charge in [-0.2, -0.15) is 10.5 Å². The summed E-state index contributed by atoms with van der Waals surface area (Å²) in [7, 11) is 0. The molecule has 2 aliphatic carbocycles. The molecule has 4 nitrogen and oxygen atoms in total. The number of hydrogen-bond acceptors (Lipinski definition) is 4. The molecule has 0 spiro atoms. The van der Waals surface area contributed by atoms with Crippen molar-refractivity contribution in [3.05, 3.63) is 144 Å². The van der Waals surface area contributed by atoms with Gasteiger partial charge in [-0.25, -0.2) is 9.97 Å². The summed E-state index contributed by atoms with van der Waals surface area (Å²) < 4.78 is 0. The lowest BCUT2D eigenvalue weighted by Crippen LogP contribution is -2.33. The second-order valence-electron chi connectivity index (χ2n) is 14.1. The maximum absolute atomic E-state index is 9.53. The Morgan fingerprint density at radius 3 is 1.70 bits per heavy atom. The van der Waals surface area contributed by atoms with Crippen LogP contribution in [0.5, 0.6) is 0 Å². The van der Waals surface area contributed by atoms with Crippen molar-refractivity contribution in [1.29, 1.82) is 10.5 Å². The number of hydrogen-bond donors (Lipinski definition) is 0. The average molecular weight is 647 g/mol. The lowest BCUT2D eigenvalue weighted by Gasteiger charge is -2.41. The van der Waals surface area contributed by atoms with Crippen LogP contribution in [0.4, 0.5) is 0 Å². The van der Waals surface area contributed by atoms with Crippen LogP contribution >= 0.6 is 0 Å².